The maximum Gasteiger partial charge on any atom is 0.273 e. The van der Waals surface area contributed by atoms with Gasteiger partial charge in [0.2, 0.25) is 0 Å². The Hall–Kier alpha value is -2.51. The number of amides is 2. The van der Waals surface area contributed by atoms with Crippen LogP contribution in [-0.2, 0) is 6.42 Å². The highest BCUT2D eigenvalue weighted by molar-refractivity contribution is 6.33. The van der Waals surface area contributed by atoms with Crippen LogP contribution in [0.1, 0.15) is 54.0 Å². The van der Waals surface area contributed by atoms with Crippen LogP contribution in [0.25, 0.3) is 0 Å². The number of pyridine rings is 1. The van der Waals surface area contributed by atoms with Crippen molar-refractivity contribution in [2.75, 3.05) is 13.2 Å². The van der Waals surface area contributed by atoms with Crippen LogP contribution in [-0.4, -0.2) is 40.6 Å². The number of nitrogens with zero attached hydrogens (tertiary/aromatic N) is 2. The van der Waals surface area contributed by atoms with Crippen molar-refractivity contribution in [2.45, 2.75) is 39.7 Å². The molecular weight excluding hydrogens is 429 g/mol. The summed E-state index contributed by atoms with van der Waals surface area (Å²) in [7, 11) is 0. The average molecular weight is 452 g/mol. The number of nitrogens with one attached hydrogen (secondary N) is 1. The second-order valence-electron chi connectivity index (χ2n) is 7.72. The molecule has 7 nitrogen and oxygen atoms in total. The fourth-order valence-electron chi connectivity index (χ4n) is 3.14. The monoisotopic (exact) mass is 451 g/mol. The van der Waals surface area contributed by atoms with Crippen LogP contribution in [0.2, 0.25) is 10.3 Å². The Morgan fingerprint density at radius 2 is 1.77 bits per heavy atom. The third-order valence-corrected chi connectivity index (χ3v) is 4.89. The molecule has 0 unspecified atom stereocenters. The van der Waals surface area contributed by atoms with Gasteiger partial charge >= 0.3 is 0 Å². The van der Waals surface area contributed by atoms with E-state index < -0.39 is 17.4 Å². The third-order valence-electron chi connectivity index (χ3n) is 4.51. The van der Waals surface area contributed by atoms with Gasteiger partial charge < -0.3 is 9.47 Å². The predicted molar refractivity (Wildman–Crippen MR) is 114 cm³/mol. The highest BCUT2D eigenvalue weighted by Crippen LogP contribution is 2.36. The maximum absolute atomic E-state index is 13.2. The van der Waals surface area contributed by atoms with Gasteiger partial charge in [-0.2, -0.15) is 0 Å². The number of carbonyl (C=O) groups is 2. The number of halogens is 2. The molecular formula is C21H23Cl2N3O4. The van der Waals surface area contributed by atoms with Gasteiger partial charge in [-0.1, -0.05) is 30.1 Å². The zero-order valence-electron chi connectivity index (χ0n) is 17.2. The summed E-state index contributed by atoms with van der Waals surface area (Å²) in [5.41, 5.74) is 3.36. The van der Waals surface area contributed by atoms with E-state index in [4.69, 9.17) is 32.7 Å². The minimum atomic E-state index is -0.727. The lowest BCUT2D eigenvalue weighted by molar-refractivity contribution is 0.0358. The summed E-state index contributed by atoms with van der Waals surface area (Å²) in [6, 6.07) is 6.19. The Morgan fingerprint density at radius 1 is 1.13 bits per heavy atom. The Kier molecular flexibility index (Phi) is 6.43. The molecule has 1 aromatic carbocycles. The molecule has 2 aromatic rings. The summed E-state index contributed by atoms with van der Waals surface area (Å²) in [5, 5.41) is 1.44. The van der Waals surface area contributed by atoms with Crippen molar-refractivity contribution in [3.63, 3.8) is 0 Å². The molecule has 0 saturated carbocycles. The number of fused-ring (bicyclic) bond motifs is 1. The summed E-state index contributed by atoms with van der Waals surface area (Å²) >= 11 is 11.9. The van der Waals surface area contributed by atoms with Crippen molar-refractivity contribution in [2.24, 2.45) is 0 Å². The zero-order valence-corrected chi connectivity index (χ0v) is 18.7. The van der Waals surface area contributed by atoms with E-state index in [-0.39, 0.29) is 15.9 Å². The standard InChI is InChI=1S/C21H23Cl2N3O4/c1-5-13-14(6-7-15-18(13)30-9-8-29-15)19(27)25-26(21(2,3)4)20(28)12-10-16(22)24-17(23)11-12/h6-7,10-11H,5,8-9H2,1-4H3,(H,25,27). The first-order chi connectivity index (χ1) is 14.1. The molecule has 1 aromatic heterocycles. The number of carbonyl (C=O) groups excluding carboxylic acids is 2. The second kappa shape index (κ2) is 8.70. The van der Waals surface area contributed by atoms with E-state index >= 15 is 0 Å². The summed E-state index contributed by atoms with van der Waals surface area (Å²) in [6.45, 7) is 8.23. The first-order valence-electron chi connectivity index (χ1n) is 9.52. The molecule has 0 radical (unpaired) electrons. The molecule has 2 heterocycles. The molecule has 0 bridgehead atoms. The van der Waals surface area contributed by atoms with E-state index in [1.54, 1.807) is 32.9 Å². The van der Waals surface area contributed by atoms with E-state index in [2.05, 4.69) is 10.4 Å². The zero-order chi connectivity index (χ0) is 22.1. The highest BCUT2D eigenvalue weighted by Gasteiger charge is 2.31. The number of ether oxygens (including phenoxy) is 2. The van der Waals surface area contributed by atoms with Crippen LogP contribution in [0.5, 0.6) is 11.5 Å². The molecule has 9 heteroatoms. The van der Waals surface area contributed by atoms with Crippen molar-refractivity contribution in [1.82, 2.24) is 15.4 Å². The maximum atomic E-state index is 13.2. The molecule has 3 rings (SSSR count). The number of hydrogen-bond acceptors (Lipinski definition) is 5. The molecule has 160 valence electrons. The van der Waals surface area contributed by atoms with Gasteiger partial charge in [-0.05, 0) is 51.5 Å². The van der Waals surface area contributed by atoms with Gasteiger partial charge in [0, 0.05) is 16.7 Å². The first-order valence-corrected chi connectivity index (χ1v) is 10.3. The second-order valence-corrected chi connectivity index (χ2v) is 8.50. The van der Waals surface area contributed by atoms with Crippen LogP contribution in [0.3, 0.4) is 0 Å². The number of hydrogen-bond donors (Lipinski definition) is 1. The number of aromatic nitrogens is 1. The van der Waals surface area contributed by atoms with Crippen molar-refractivity contribution >= 4 is 35.0 Å². The molecule has 1 N–H and O–H groups in total. The summed E-state index contributed by atoms with van der Waals surface area (Å²) in [4.78, 5) is 30.2. The fraction of sp³-hybridized carbons (Fsp3) is 0.381. The van der Waals surface area contributed by atoms with Gasteiger partial charge in [0.05, 0.1) is 5.54 Å². The molecule has 0 atom stereocenters. The molecule has 30 heavy (non-hydrogen) atoms. The van der Waals surface area contributed by atoms with Gasteiger partial charge in [0.1, 0.15) is 23.5 Å². The molecule has 1 aliphatic rings. The van der Waals surface area contributed by atoms with Crippen molar-refractivity contribution in [1.29, 1.82) is 0 Å². The SMILES string of the molecule is CCc1c(C(=O)NN(C(=O)c2cc(Cl)nc(Cl)c2)C(C)(C)C)ccc2c1OCCO2. The third kappa shape index (κ3) is 4.63. The summed E-state index contributed by atoms with van der Waals surface area (Å²) in [5.74, 6) is 0.285. The molecule has 0 saturated heterocycles. The lowest BCUT2D eigenvalue weighted by Gasteiger charge is -2.36. The van der Waals surface area contributed by atoms with E-state index in [1.165, 1.54) is 17.1 Å². The molecule has 2 amide bonds. The quantitative estimate of drug-likeness (QED) is 0.555. The summed E-state index contributed by atoms with van der Waals surface area (Å²) < 4.78 is 11.3. The average Bonchev–Trinajstić information content (AvgIpc) is 2.68. The molecule has 0 aliphatic carbocycles. The predicted octanol–water partition coefficient (Wildman–Crippen LogP) is 4.31. The van der Waals surface area contributed by atoms with Gasteiger partial charge in [-0.15, -0.1) is 0 Å². The lowest BCUT2D eigenvalue weighted by atomic mass is 10.0. The van der Waals surface area contributed by atoms with Crippen LogP contribution >= 0.6 is 23.2 Å². The minimum absolute atomic E-state index is 0.0890. The lowest BCUT2D eigenvalue weighted by Crippen LogP contribution is -2.56. The van der Waals surface area contributed by atoms with Gasteiger partial charge in [-0.25, -0.2) is 9.99 Å². The topological polar surface area (TPSA) is 80.8 Å². The van der Waals surface area contributed by atoms with Gasteiger partial charge in [0.15, 0.2) is 11.5 Å². The largest absolute Gasteiger partial charge is 0.486 e. The van der Waals surface area contributed by atoms with Crippen LogP contribution in [0, 0.1) is 0 Å². The van der Waals surface area contributed by atoms with E-state index in [0.717, 1.165) is 5.56 Å². The smallest absolute Gasteiger partial charge is 0.273 e. The van der Waals surface area contributed by atoms with E-state index in [0.29, 0.717) is 36.7 Å². The normalized spacial score (nSPS) is 13.0. The van der Waals surface area contributed by atoms with E-state index in [1.807, 2.05) is 6.92 Å². The Balaban J connectivity index is 1.94. The Morgan fingerprint density at radius 3 is 2.37 bits per heavy atom. The van der Waals surface area contributed by atoms with Gasteiger partial charge in [-0.3, -0.25) is 15.0 Å². The van der Waals surface area contributed by atoms with Crippen molar-refractivity contribution in [3.05, 3.63) is 51.3 Å². The molecule has 1 aliphatic heterocycles. The fourth-order valence-corrected chi connectivity index (χ4v) is 3.60. The Bertz CT molecular complexity index is 969. The van der Waals surface area contributed by atoms with Crippen LogP contribution in [0.4, 0.5) is 0 Å². The van der Waals surface area contributed by atoms with Crippen molar-refractivity contribution in [3.8, 4) is 11.5 Å². The molecule has 0 fully saturated rings. The van der Waals surface area contributed by atoms with Crippen LogP contribution < -0.4 is 14.9 Å². The molecule has 0 spiro atoms. The van der Waals surface area contributed by atoms with Crippen molar-refractivity contribution < 1.29 is 19.1 Å². The van der Waals surface area contributed by atoms with Crippen LogP contribution in [0.15, 0.2) is 24.3 Å². The van der Waals surface area contributed by atoms with E-state index in [9.17, 15) is 9.59 Å². The minimum Gasteiger partial charge on any atom is -0.486 e. The number of benzene rings is 1. The first kappa shape index (κ1) is 22.2. The van der Waals surface area contributed by atoms with Gasteiger partial charge in [0.25, 0.3) is 11.8 Å². The highest BCUT2D eigenvalue weighted by atomic mass is 35.5. The number of hydrazine groups is 1. The number of rotatable bonds is 3. The summed E-state index contributed by atoms with van der Waals surface area (Å²) in [6.07, 6.45) is 0.564. The Labute approximate surface area is 185 Å².